The van der Waals surface area contributed by atoms with Gasteiger partial charge in [0.15, 0.2) is 11.5 Å². The van der Waals surface area contributed by atoms with E-state index < -0.39 is 60.4 Å². The van der Waals surface area contributed by atoms with Crippen LogP contribution in [-0.2, 0) is 23.8 Å². The molecule has 0 saturated heterocycles. The van der Waals surface area contributed by atoms with Crippen LogP contribution in [0.15, 0.2) is 18.2 Å². The monoisotopic (exact) mass is 497 g/mol. The Morgan fingerprint density at radius 2 is 1.37 bits per heavy atom. The Labute approximate surface area is 204 Å². The van der Waals surface area contributed by atoms with Crippen molar-refractivity contribution in [1.29, 1.82) is 0 Å². The van der Waals surface area contributed by atoms with Gasteiger partial charge in [0.2, 0.25) is 0 Å². The van der Waals surface area contributed by atoms with E-state index in [9.17, 15) is 24.3 Å². The molecule has 0 aliphatic heterocycles. The topological polar surface area (TPSA) is 161 Å². The van der Waals surface area contributed by atoms with Crippen LogP contribution in [0.4, 0.5) is 9.59 Å². The molecule has 0 saturated carbocycles. The molecular weight excluding hydrogens is 462 g/mol. The highest BCUT2D eigenvalue weighted by atomic mass is 16.7. The lowest BCUT2D eigenvalue weighted by atomic mass is 9.79. The number of carbonyl (C=O) groups excluding carboxylic acids is 3. The number of hydrogen-bond acceptors (Lipinski definition) is 10. The summed E-state index contributed by atoms with van der Waals surface area (Å²) < 4.78 is 25.7. The molecule has 0 aliphatic carbocycles. The number of esters is 1. The summed E-state index contributed by atoms with van der Waals surface area (Å²) in [5, 5.41) is 9.62. The second kappa shape index (κ2) is 13.5. The van der Waals surface area contributed by atoms with Gasteiger partial charge >= 0.3 is 24.2 Å². The fourth-order valence-corrected chi connectivity index (χ4v) is 3.19. The van der Waals surface area contributed by atoms with Crippen molar-refractivity contribution in [3.05, 3.63) is 23.8 Å². The lowest BCUT2D eigenvalue weighted by molar-refractivity contribution is -0.150. The largest absolute Gasteiger partial charge is 0.514 e. The molecule has 4 atom stereocenters. The van der Waals surface area contributed by atoms with Gasteiger partial charge in [0, 0.05) is 18.3 Å². The molecule has 196 valence electrons. The van der Waals surface area contributed by atoms with E-state index in [-0.39, 0.29) is 17.9 Å². The van der Waals surface area contributed by atoms with Gasteiger partial charge in [-0.1, -0.05) is 19.9 Å². The first kappa shape index (κ1) is 29.7. The van der Waals surface area contributed by atoms with Crippen LogP contribution in [0.25, 0.3) is 0 Å². The van der Waals surface area contributed by atoms with Crippen molar-refractivity contribution >= 4 is 24.2 Å². The molecule has 11 nitrogen and oxygen atoms in total. The average molecular weight is 498 g/mol. The lowest BCUT2D eigenvalue weighted by Gasteiger charge is -2.31. The standard InChI is InChI=1S/C24H35NO10/c1-8-19(26)33-15(7)14(6)20(21(25)22(27)28)16-9-10-17(34-23(29)31-12(2)3)18(11-16)35-24(30)32-13(4)5/h9-15,20-21H,8,25H2,1-7H3,(H,27,28)/t14?,15?,20?,21-/m0/s1. The van der Waals surface area contributed by atoms with Crippen LogP contribution in [0.3, 0.4) is 0 Å². The minimum absolute atomic E-state index is 0.152. The number of rotatable bonds is 11. The van der Waals surface area contributed by atoms with Crippen LogP contribution in [0.1, 0.15) is 66.4 Å². The summed E-state index contributed by atoms with van der Waals surface area (Å²) in [4.78, 5) is 47.8. The zero-order valence-corrected chi connectivity index (χ0v) is 21.1. The second-order valence-electron chi connectivity index (χ2n) is 8.54. The highest BCUT2D eigenvalue weighted by Crippen LogP contribution is 2.37. The highest BCUT2D eigenvalue weighted by molar-refractivity contribution is 5.75. The Bertz CT molecular complexity index is 898. The van der Waals surface area contributed by atoms with E-state index in [1.54, 1.807) is 48.5 Å². The van der Waals surface area contributed by atoms with Crippen molar-refractivity contribution in [2.75, 3.05) is 0 Å². The maximum absolute atomic E-state index is 12.2. The Kier molecular flexibility index (Phi) is 11.5. The minimum atomic E-state index is -1.39. The Morgan fingerprint density at radius 1 is 0.857 bits per heavy atom. The van der Waals surface area contributed by atoms with Gasteiger partial charge in [0.05, 0.1) is 12.2 Å². The molecule has 0 spiro atoms. The minimum Gasteiger partial charge on any atom is -0.480 e. The number of benzene rings is 1. The lowest BCUT2D eigenvalue weighted by Crippen LogP contribution is -2.42. The Balaban J connectivity index is 3.46. The van der Waals surface area contributed by atoms with Gasteiger partial charge in [-0.3, -0.25) is 9.59 Å². The predicted octanol–water partition coefficient (Wildman–Crippen LogP) is 4.01. The van der Waals surface area contributed by atoms with Gasteiger partial charge in [-0.05, 0) is 52.3 Å². The summed E-state index contributed by atoms with van der Waals surface area (Å²) in [6.45, 7) is 11.5. The van der Waals surface area contributed by atoms with Gasteiger partial charge in [0.1, 0.15) is 12.1 Å². The molecule has 0 fully saturated rings. The molecule has 1 rings (SSSR count). The molecule has 0 heterocycles. The SMILES string of the molecule is CCC(=O)OC(C)C(C)C(c1ccc(OC(=O)OC(C)C)c(OC(=O)OC(C)C)c1)[C@H](N)C(=O)O. The van der Waals surface area contributed by atoms with Crippen molar-refractivity contribution in [1.82, 2.24) is 0 Å². The molecule has 1 aromatic rings. The molecule has 0 amide bonds. The van der Waals surface area contributed by atoms with E-state index in [1.165, 1.54) is 18.2 Å². The molecular formula is C24H35NO10. The van der Waals surface area contributed by atoms with Crippen molar-refractivity contribution in [2.45, 2.75) is 85.2 Å². The fourth-order valence-electron chi connectivity index (χ4n) is 3.19. The van der Waals surface area contributed by atoms with E-state index in [0.29, 0.717) is 5.56 Å². The first-order valence-electron chi connectivity index (χ1n) is 11.3. The molecule has 35 heavy (non-hydrogen) atoms. The van der Waals surface area contributed by atoms with Crippen LogP contribution in [0.5, 0.6) is 11.5 Å². The molecule has 0 bridgehead atoms. The number of carbonyl (C=O) groups is 4. The molecule has 0 aliphatic rings. The maximum Gasteiger partial charge on any atom is 0.514 e. The predicted molar refractivity (Wildman–Crippen MR) is 124 cm³/mol. The smallest absolute Gasteiger partial charge is 0.480 e. The summed E-state index contributed by atoms with van der Waals surface area (Å²) in [6, 6.07) is 2.75. The van der Waals surface area contributed by atoms with Crippen molar-refractivity contribution < 1.29 is 48.0 Å². The number of carboxylic acids is 1. The third kappa shape index (κ3) is 9.44. The number of nitrogens with two attached hydrogens (primary N) is 1. The highest BCUT2D eigenvalue weighted by Gasteiger charge is 2.35. The van der Waals surface area contributed by atoms with Crippen LogP contribution < -0.4 is 15.2 Å². The number of aliphatic carboxylic acids is 1. The number of hydrogen-bond donors (Lipinski definition) is 2. The zero-order chi connectivity index (χ0) is 26.9. The third-order valence-electron chi connectivity index (χ3n) is 4.99. The molecule has 0 radical (unpaired) electrons. The summed E-state index contributed by atoms with van der Waals surface area (Å²) in [5.74, 6) is -3.50. The van der Waals surface area contributed by atoms with Gasteiger partial charge < -0.3 is 34.5 Å². The summed E-state index contributed by atoms with van der Waals surface area (Å²) in [6.07, 6.45) is -3.54. The summed E-state index contributed by atoms with van der Waals surface area (Å²) in [7, 11) is 0. The van der Waals surface area contributed by atoms with Gasteiger partial charge in [-0.2, -0.15) is 0 Å². The van der Waals surface area contributed by atoms with Gasteiger partial charge in [-0.15, -0.1) is 0 Å². The second-order valence-corrected chi connectivity index (χ2v) is 8.54. The molecule has 11 heteroatoms. The van der Waals surface area contributed by atoms with Gasteiger partial charge in [0.25, 0.3) is 0 Å². The molecule has 3 N–H and O–H groups in total. The normalized spacial score (nSPS) is 14.5. The van der Waals surface area contributed by atoms with Gasteiger partial charge in [-0.25, -0.2) is 9.59 Å². The summed E-state index contributed by atoms with van der Waals surface area (Å²) in [5.41, 5.74) is 6.36. The van der Waals surface area contributed by atoms with Crippen molar-refractivity contribution in [3.8, 4) is 11.5 Å². The van der Waals surface area contributed by atoms with Crippen LogP contribution in [-0.4, -0.2) is 53.7 Å². The quantitative estimate of drug-likeness (QED) is 0.258. The number of carboxylic acid groups (broad SMARTS) is 1. The third-order valence-corrected chi connectivity index (χ3v) is 4.99. The van der Waals surface area contributed by atoms with E-state index in [2.05, 4.69) is 0 Å². The van der Waals surface area contributed by atoms with E-state index >= 15 is 0 Å². The number of ether oxygens (including phenoxy) is 5. The zero-order valence-electron chi connectivity index (χ0n) is 21.1. The average Bonchev–Trinajstić information content (AvgIpc) is 2.73. The van der Waals surface area contributed by atoms with Crippen LogP contribution in [0, 0.1) is 5.92 Å². The Hall–Kier alpha value is -3.34. The van der Waals surface area contributed by atoms with E-state index in [4.69, 9.17) is 29.4 Å². The van der Waals surface area contributed by atoms with Crippen LogP contribution in [0.2, 0.25) is 0 Å². The first-order chi connectivity index (χ1) is 16.3. The van der Waals surface area contributed by atoms with Crippen LogP contribution >= 0.6 is 0 Å². The van der Waals surface area contributed by atoms with Crippen molar-refractivity contribution in [3.63, 3.8) is 0 Å². The molecule has 1 aromatic carbocycles. The maximum atomic E-state index is 12.2. The van der Waals surface area contributed by atoms with E-state index in [0.717, 1.165) is 0 Å². The van der Waals surface area contributed by atoms with Crippen molar-refractivity contribution in [2.24, 2.45) is 11.7 Å². The first-order valence-corrected chi connectivity index (χ1v) is 11.3. The fraction of sp³-hybridized carbons (Fsp3) is 0.583. The Morgan fingerprint density at radius 3 is 1.83 bits per heavy atom. The molecule has 3 unspecified atom stereocenters. The van der Waals surface area contributed by atoms with E-state index in [1.807, 2.05) is 0 Å². The summed E-state index contributed by atoms with van der Waals surface area (Å²) >= 11 is 0. The molecule has 0 aromatic heterocycles.